The largest absolute Gasteiger partial charge is 0.493 e. The molecule has 1 N–H and O–H groups in total. The van der Waals surface area contributed by atoms with Crippen LogP contribution in [0.15, 0.2) is 36.4 Å². The molecule has 2 aromatic carbocycles. The highest BCUT2D eigenvalue weighted by atomic mass is 19.3. The van der Waals surface area contributed by atoms with Crippen molar-refractivity contribution in [2.45, 2.75) is 6.61 Å². The molecule has 0 aliphatic carbocycles. The maximum atomic E-state index is 13.1. The second-order valence-corrected chi connectivity index (χ2v) is 4.29. The summed E-state index contributed by atoms with van der Waals surface area (Å²) in [6, 6.07) is 6.96. The average molecular weight is 328 g/mol. The Labute approximate surface area is 128 Å². The van der Waals surface area contributed by atoms with Crippen molar-refractivity contribution >= 4 is 17.1 Å². The predicted octanol–water partition coefficient (Wildman–Crippen LogP) is 4.09. The number of alkyl halides is 2. The molecule has 0 aliphatic rings. The van der Waals surface area contributed by atoms with Crippen molar-refractivity contribution in [1.29, 1.82) is 0 Å². The van der Waals surface area contributed by atoms with Crippen LogP contribution in [0.3, 0.4) is 0 Å². The first-order valence-corrected chi connectivity index (χ1v) is 6.24. The molecule has 0 radical (unpaired) electrons. The number of anilines is 2. The van der Waals surface area contributed by atoms with Crippen molar-refractivity contribution < 1.29 is 27.6 Å². The molecule has 9 heteroatoms. The molecule has 0 bridgehead atoms. The van der Waals surface area contributed by atoms with Crippen LogP contribution in [0.2, 0.25) is 0 Å². The van der Waals surface area contributed by atoms with Gasteiger partial charge in [0.2, 0.25) is 0 Å². The summed E-state index contributed by atoms with van der Waals surface area (Å²) in [5.41, 5.74) is -0.252. The number of nitrogens with zero attached hydrogens (tertiary/aromatic N) is 1. The van der Waals surface area contributed by atoms with E-state index in [1.807, 2.05) is 0 Å². The third-order valence-electron chi connectivity index (χ3n) is 2.82. The van der Waals surface area contributed by atoms with Gasteiger partial charge in [-0.05, 0) is 24.3 Å². The minimum Gasteiger partial charge on any atom is -0.493 e. The number of ether oxygens (including phenoxy) is 2. The van der Waals surface area contributed by atoms with Gasteiger partial charge in [-0.3, -0.25) is 10.1 Å². The van der Waals surface area contributed by atoms with Gasteiger partial charge in [-0.1, -0.05) is 0 Å². The fourth-order valence-electron chi connectivity index (χ4n) is 1.86. The molecule has 0 unspecified atom stereocenters. The molecule has 2 aromatic rings. The number of benzene rings is 2. The van der Waals surface area contributed by atoms with Gasteiger partial charge >= 0.3 is 6.61 Å². The minimum atomic E-state index is -3.06. The Morgan fingerprint density at radius 1 is 1.17 bits per heavy atom. The fourth-order valence-corrected chi connectivity index (χ4v) is 1.86. The Hall–Kier alpha value is -2.97. The predicted molar refractivity (Wildman–Crippen MR) is 76.0 cm³/mol. The van der Waals surface area contributed by atoms with Gasteiger partial charge in [0, 0.05) is 11.8 Å². The van der Waals surface area contributed by atoms with Crippen LogP contribution < -0.4 is 14.8 Å². The van der Waals surface area contributed by atoms with Gasteiger partial charge in [0.05, 0.1) is 18.1 Å². The van der Waals surface area contributed by atoms with Gasteiger partial charge < -0.3 is 14.8 Å². The van der Waals surface area contributed by atoms with Crippen molar-refractivity contribution in [2.24, 2.45) is 0 Å². The second-order valence-electron chi connectivity index (χ2n) is 4.29. The number of rotatable bonds is 6. The molecule has 0 spiro atoms. The molecule has 0 aliphatic heterocycles. The topological polar surface area (TPSA) is 73.6 Å². The van der Waals surface area contributed by atoms with Gasteiger partial charge in [-0.2, -0.15) is 8.78 Å². The summed E-state index contributed by atoms with van der Waals surface area (Å²) in [5.74, 6) is -0.930. The molecule has 0 aromatic heterocycles. The zero-order valence-electron chi connectivity index (χ0n) is 11.8. The van der Waals surface area contributed by atoms with E-state index in [1.165, 1.54) is 31.4 Å². The number of halogens is 3. The number of nitro benzene ring substituents is 1. The van der Waals surface area contributed by atoms with Crippen molar-refractivity contribution in [2.75, 3.05) is 12.4 Å². The Bertz CT molecular complexity index is 725. The van der Waals surface area contributed by atoms with Crippen LogP contribution in [0, 0.1) is 15.9 Å². The molecule has 0 saturated carbocycles. The van der Waals surface area contributed by atoms with Gasteiger partial charge in [0.1, 0.15) is 11.5 Å². The monoisotopic (exact) mass is 328 g/mol. The molecule has 2 rings (SSSR count). The number of nitrogens with one attached hydrogen (secondary N) is 1. The van der Waals surface area contributed by atoms with Crippen molar-refractivity contribution in [3.63, 3.8) is 0 Å². The Kier molecular flexibility index (Phi) is 4.89. The molecular weight excluding hydrogens is 317 g/mol. The summed E-state index contributed by atoms with van der Waals surface area (Å²) < 4.78 is 47.1. The van der Waals surface area contributed by atoms with Crippen LogP contribution in [0.25, 0.3) is 0 Å². The minimum absolute atomic E-state index is 0.00423. The lowest BCUT2D eigenvalue weighted by atomic mass is 10.2. The van der Waals surface area contributed by atoms with Crippen LogP contribution in [0.4, 0.5) is 30.2 Å². The number of hydrogen-bond acceptors (Lipinski definition) is 5. The third kappa shape index (κ3) is 4.02. The van der Waals surface area contributed by atoms with Crippen molar-refractivity contribution in [1.82, 2.24) is 0 Å². The van der Waals surface area contributed by atoms with E-state index >= 15 is 0 Å². The Morgan fingerprint density at radius 3 is 2.52 bits per heavy atom. The smallest absolute Gasteiger partial charge is 0.387 e. The van der Waals surface area contributed by atoms with E-state index in [0.29, 0.717) is 0 Å². The Morgan fingerprint density at radius 2 is 1.91 bits per heavy atom. The summed E-state index contributed by atoms with van der Waals surface area (Å²) in [7, 11) is 1.28. The lowest BCUT2D eigenvalue weighted by Crippen LogP contribution is -2.04. The third-order valence-corrected chi connectivity index (χ3v) is 2.82. The fraction of sp³-hybridized carbons (Fsp3) is 0.143. The first-order chi connectivity index (χ1) is 10.9. The van der Waals surface area contributed by atoms with E-state index in [2.05, 4.69) is 10.1 Å². The zero-order chi connectivity index (χ0) is 17.0. The molecule has 0 heterocycles. The van der Waals surface area contributed by atoms with Crippen LogP contribution in [-0.2, 0) is 0 Å². The maximum Gasteiger partial charge on any atom is 0.387 e. The van der Waals surface area contributed by atoms with Crippen LogP contribution in [0.5, 0.6) is 11.5 Å². The molecule has 23 heavy (non-hydrogen) atoms. The summed E-state index contributed by atoms with van der Waals surface area (Å²) in [4.78, 5) is 10.2. The maximum absolute atomic E-state index is 13.1. The van der Waals surface area contributed by atoms with Gasteiger partial charge in [-0.25, -0.2) is 4.39 Å². The molecule has 0 atom stereocenters. The molecule has 122 valence electrons. The van der Waals surface area contributed by atoms with Gasteiger partial charge in [-0.15, -0.1) is 0 Å². The molecular formula is C14H11F3N2O4. The average Bonchev–Trinajstić information content (AvgIpc) is 2.48. The van der Waals surface area contributed by atoms with E-state index in [1.54, 1.807) is 0 Å². The summed E-state index contributed by atoms with van der Waals surface area (Å²) in [6.07, 6.45) is 0. The molecule has 6 nitrogen and oxygen atoms in total. The summed E-state index contributed by atoms with van der Waals surface area (Å²) in [5, 5.41) is 13.6. The highest BCUT2D eigenvalue weighted by molar-refractivity contribution is 5.71. The van der Waals surface area contributed by atoms with Gasteiger partial charge in [0.25, 0.3) is 5.69 Å². The summed E-state index contributed by atoms with van der Waals surface area (Å²) in [6.45, 7) is -3.06. The van der Waals surface area contributed by atoms with Crippen molar-refractivity contribution in [3.05, 3.63) is 52.3 Å². The lowest BCUT2D eigenvalue weighted by Gasteiger charge is -2.13. The number of hydrogen-bond donors (Lipinski definition) is 1. The highest BCUT2D eigenvalue weighted by Gasteiger charge is 2.16. The SMILES string of the molecule is COc1ccc(Nc2ccc(F)cc2[N+](=O)[O-])cc1OC(F)F. The van der Waals surface area contributed by atoms with E-state index < -0.39 is 23.0 Å². The highest BCUT2D eigenvalue weighted by Crippen LogP contribution is 2.34. The van der Waals surface area contributed by atoms with Gasteiger partial charge in [0.15, 0.2) is 11.5 Å². The second kappa shape index (κ2) is 6.86. The van der Waals surface area contributed by atoms with E-state index in [0.717, 1.165) is 12.1 Å². The lowest BCUT2D eigenvalue weighted by molar-refractivity contribution is -0.384. The summed E-state index contributed by atoms with van der Waals surface area (Å²) >= 11 is 0. The molecule has 0 fully saturated rings. The number of nitro groups is 1. The van der Waals surface area contributed by atoms with E-state index in [-0.39, 0.29) is 22.9 Å². The van der Waals surface area contributed by atoms with Crippen molar-refractivity contribution in [3.8, 4) is 11.5 Å². The first-order valence-electron chi connectivity index (χ1n) is 6.24. The van der Waals surface area contributed by atoms with E-state index in [9.17, 15) is 23.3 Å². The normalized spacial score (nSPS) is 10.5. The zero-order valence-corrected chi connectivity index (χ0v) is 11.8. The molecule has 0 amide bonds. The van der Waals surface area contributed by atoms with Crippen LogP contribution in [-0.4, -0.2) is 18.6 Å². The van der Waals surface area contributed by atoms with Crippen LogP contribution in [0.1, 0.15) is 0 Å². The Balaban J connectivity index is 2.35. The first kappa shape index (κ1) is 16.4. The number of methoxy groups -OCH3 is 1. The van der Waals surface area contributed by atoms with E-state index in [4.69, 9.17) is 4.74 Å². The van der Waals surface area contributed by atoms with Crippen LogP contribution >= 0.6 is 0 Å². The quantitative estimate of drug-likeness (QED) is 0.639. The molecule has 0 saturated heterocycles. The standard InChI is InChI=1S/C14H11F3N2O4/c1-22-12-5-3-9(7-13(12)23-14(16)17)18-10-4-2-8(15)6-11(10)19(20)21/h2-7,14,18H,1H3.